The maximum Gasteiger partial charge on any atom is 0.219 e. The maximum atomic E-state index is 5.32. The van der Waals surface area contributed by atoms with Gasteiger partial charge in [-0.1, -0.05) is 11.8 Å². The van der Waals surface area contributed by atoms with Crippen LogP contribution >= 0.6 is 0 Å². The molecule has 0 bridgehead atoms. The molecule has 0 aromatic carbocycles. The molecule has 0 aliphatic carbocycles. The summed E-state index contributed by atoms with van der Waals surface area (Å²) in [5.41, 5.74) is 6.12. The van der Waals surface area contributed by atoms with Crippen LogP contribution in [0.25, 0.3) is 0 Å². The van der Waals surface area contributed by atoms with Gasteiger partial charge in [0.25, 0.3) is 0 Å². The van der Waals surface area contributed by atoms with Crippen molar-refractivity contribution in [1.82, 2.24) is 15.3 Å². The lowest BCUT2D eigenvalue weighted by Gasteiger charge is -1.90. The molecule has 0 unspecified atom stereocenters. The second-order valence-corrected chi connectivity index (χ2v) is 2.49. The number of rotatable bonds is 2. The summed E-state index contributed by atoms with van der Waals surface area (Å²) in [5, 5.41) is 3.01. The zero-order valence-electron chi connectivity index (χ0n) is 7.54. The van der Waals surface area contributed by atoms with Crippen molar-refractivity contribution in [2.75, 3.05) is 19.3 Å². The second-order valence-electron chi connectivity index (χ2n) is 2.49. The SMILES string of the molecule is CNCCC#Cc1cnc(N)nc1. The molecule has 1 rings (SSSR count). The molecule has 0 spiro atoms. The first-order valence-corrected chi connectivity index (χ1v) is 4.04. The highest BCUT2D eigenvalue weighted by molar-refractivity contribution is 5.31. The predicted octanol–water partition coefficient (Wildman–Crippen LogP) is 0.0198. The van der Waals surface area contributed by atoms with Gasteiger partial charge in [0.1, 0.15) is 0 Å². The number of nitrogen functional groups attached to an aromatic ring is 1. The monoisotopic (exact) mass is 176 g/mol. The lowest BCUT2D eigenvalue weighted by Crippen LogP contribution is -2.05. The van der Waals surface area contributed by atoms with Crippen molar-refractivity contribution in [2.45, 2.75) is 6.42 Å². The van der Waals surface area contributed by atoms with Gasteiger partial charge < -0.3 is 11.1 Å². The molecule has 0 amide bonds. The Morgan fingerprint density at radius 3 is 2.77 bits per heavy atom. The standard InChI is InChI=1S/C9H12N4/c1-11-5-3-2-4-8-6-12-9(10)13-7-8/h6-7,11H,3,5H2,1H3,(H2,10,12,13). The lowest BCUT2D eigenvalue weighted by atomic mass is 10.3. The van der Waals surface area contributed by atoms with Gasteiger partial charge in [0, 0.05) is 25.4 Å². The number of anilines is 1. The predicted molar refractivity (Wildman–Crippen MR) is 51.9 cm³/mol. The highest BCUT2D eigenvalue weighted by Gasteiger charge is 1.87. The highest BCUT2D eigenvalue weighted by Crippen LogP contribution is 1.93. The fraction of sp³-hybridized carbons (Fsp3) is 0.333. The molecule has 1 aromatic rings. The van der Waals surface area contributed by atoms with Crippen LogP contribution in [0.2, 0.25) is 0 Å². The molecule has 1 aromatic heterocycles. The first kappa shape index (κ1) is 9.49. The highest BCUT2D eigenvalue weighted by atomic mass is 15.0. The summed E-state index contributed by atoms with van der Waals surface area (Å²) in [5.74, 6) is 6.20. The van der Waals surface area contributed by atoms with Crippen molar-refractivity contribution in [3.63, 3.8) is 0 Å². The molecule has 0 atom stereocenters. The zero-order valence-corrected chi connectivity index (χ0v) is 7.54. The largest absolute Gasteiger partial charge is 0.368 e. The number of nitrogens with zero attached hydrogens (tertiary/aromatic N) is 2. The van der Waals surface area contributed by atoms with Crippen LogP contribution < -0.4 is 11.1 Å². The number of nitrogens with two attached hydrogens (primary N) is 1. The minimum absolute atomic E-state index is 0.278. The Bertz CT molecular complexity index is 307. The van der Waals surface area contributed by atoms with E-state index in [1.54, 1.807) is 12.4 Å². The topological polar surface area (TPSA) is 63.8 Å². The van der Waals surface area contributed by atoms with E-state index in [9.17, 15) is 0 Å². The van der Waals surface area contributed by atoms with Crippen molar-refractivity contribution in [3.8, 4) is 11.8 Å². The van der Waals surface area contributed by atoms with Crippen LogP contribution in [0, 0.1) is 11.8 Å². The van der Waals surface area contributed by atoms with Crippen LogP contribution in [-0.4, -0.2) is 23.6 Å². The zero-order chi connectivity index (χ0) is 9.52. The van der Waals surface area contributed by atoms with Gasteiger partial charge in [-0.05, 0) is 7.05 Å². The van der Waals surface area contributed by atoms with Crippen LogP contribution in [0.15, 0.2) is 12.4 Å². The molecular formula is C9H12N4. The minimum atomic E-state index is 0.278. The molecule has 0 saturated heterocycles. The summed E-state index contributed by atoms with van der Waals surface area (Å²) >= 11 is 0. The van der Waals surface area contributed by atoms with Crippen LogP contribution in [0.5, 0.6) is 0 Å². The van der Waals surface area contributed by atoms with Crippen molar-refractivity contribution < 1.29 is 0 Å². The van der Waals surface area contributed by atoms with E-state index in [1.807, 2.05) is 7.05 Å². The van der Waals surface area contributed by atoms with Gasteiger partial charge in [0.05, 0.1) is 5.56 Å². The van der Waals surface area contributed by atoms with Gasteiger partial charge in [0.2, 0.25) is 5.95 Å². The lowest BCUT2D eigenvalue weighted by molar-refractivity contribution is 0.818. The van der Waals surface area contributed by atoms with E-state index in [-0.39, 0.29) is 5.95 Å². The smallest absolute Gasteiger partial charge is 0.219 e. The summed E-state index contributed by atoms with van der Waals surface area (Å²) in [4.78, 5) is 7.65. The Balaban J connectivity index is 2.52. The fourth-order valence-corrected chi connectivity index (χ4v) is 0.755. The van der Waals surface area contributed by atoms with Gasteiger partial charge in [-0.2, -0.15) is 0 Å². The Morgan fingerprint density at radius 2 is 2.15 bits per heavy atom. The third-order valence-corrected chi connectivity index (χ3v) is 1.40. The van der Waals surface area contributed by atoms with Gasteiger partial charge >= 0.3 is 0 Å². The molecule has 0 saturated carbocycles. The van der Waals surface area contributed by atoms with Gasteiger partial charge in [-0.3, -0.25) is 0 Å². The Hall–Kier alpha value is -1.60. The molecule has 1 heterocycles. The molecule has 4 nitrogen and oxygen atoms in total. The third kappa shape index (κ3) is 3.54. The molecule has 0 aliphatic rings. The van der Waals surface area contributed by atoms with E-state index >= 15 is 0 Å². The molecule has 4 heteroatoms. The van der Waals surface area contributed by atoms with Crippen LogP contribution in [0.4, 0.5) is 5.95 Å². The quantitative estimate of drug-likeness (QED) is 0.492. The van der Waals surface area contributed by atoms with Crippen LogP contribution in [-0.2, 0) is 0 Å². The van der Waals surface area contributed by atoms with Crippen molar-refractivity contribution >= 4 is 5.95 Å². The van der Waals surface area contributed by atoms with Crippen molar-refractivity contribution in [2.24, 2.45) is 0 Å². The number of aromatic nitrogens is 2. The van der Waals surface area contributed by atoms with E-state index in [0.717, 1.165) is 18.5 Å². The molecule has 3 N–H and O–H groups in total. The molecular weight excluding hydrogens is 164 g/mol. The van der Waals surface area contributed by atoms with Crippen LogP contribution in [0.1, 0.15) is 12.0 Å². The van der Waals surface area contributed by atoms with Gasteiger partial charge in [-0.25, -0.2) is 9.97 Å². The normalized spacial score (nSPS) is 9.00. The van der Waals surface area contributed by atoms with E-state index in [1.165, 1.54) is 0 Å². The Morgan fingerprint density at radius 1 is 1.46 bits per heavy atom. The molecule has 68 valence electrons. The molecule has 13 heavy (non-hydrogen) atoms. The summed E-state index contributed by atoms with van der Waals surface area (Å²) in [7, 11) is 1.90. The van der Waals surface area contributed by atoms with Crippen molar-refractivity contribution in [1.29, 1.82) is 0 Å². The van der Waals surface area contributed by atoms with E-state index in [4.69, 9.17) is 5.73 Å². The fourth-order valence-electron chi connectivity index (χ4n) is 0.755. The molecule has 0 aliphatic heterocycles. The molecule has 0 radical (unpaired) electrons. The Kier molecular flexibility index (Phi) is 3.74. The average Bonchev–Trinajstić information content (AvgIpc) is 2.15. The minimum Gasteiger partial charge on any atom is -0.368 e. The van der Waals surface area contributed by atoms with Crippen LogP contribution in [0.3, 0.4) is 0 Å². The van der Waals surface area contributed by atoms with E-state index in [0.29, 0.717) is 0 Å². The summed E-state index contributed by atoms with van der Waals surface area (Å²) < 4.78 is 0. The maximum absolute atomic E-state index is 5.32. The van der Waals surface area contributed by atoms with E-state index in [2.05, 4.69) is 27.1 Å². The summed E-state index contributed by atoms with van der Waals surface area (Å²) in [6.07, 6.45) is 4.06. The van der Waals surface area contributed by atoms with Crippen molar-refractivity contribution in [3.05, 3.63) is 18.0 Å². The first-order valence-electron chi connectivity index (χ1n) is 4.04. The first-order chi connectivity index (χ1) is 6.33. The molecule has 0 fully saturated rings. The average molecular weight is 176 g/mol. The number of hydrogen-bond acceptors (Lipinski definition) is 4. The van der Waals surface area contributed by atoms with Gasteiger partial charge in [-0.15, -0.1) is 0 Å². The number of nitrogens with one attached hydrogen (secondary N) is 1. The van der Waals surface area contributed by atoms with E-state index < -0.39 is 0 Å². The van der Waals surface area contributed by atoms with Gasteiger partial charge in [0.15, 0.2) is 0 Å². The second kappa shape index (κ2) is 5.12. The summed E-state index contributed by atoms with van der Waals surface area (Å²) in [6, 6.07) is 0. The Labute approximate surface area is 77.6 Å². The number of hydrogen-bond donors (Lipinski definition) is 2. The summed E-state index contributed by atoms with van der Waals surface area (Å²) in [6.45, 7) is 0.892. The third-order valence-electron chi connectivity index (χ3n) is 1.40.